The summed E-state index contributed by atoms with van der Waals surface area (Å²) < 4.78 is 69.5. The lowest BCUT2D eigenvalue weighted by Gasteiger charge is -2.33. The third kappa shape index (κ3) is 6.29. The molecule has 3 aromatic heterocycles. The number of rotatable bonds is 9. The highest BCUT2D eigenvalue weighted by Crippen LogP contribution is 2.35. The van der Waals surface area contributed by atoms with E-state index in [1.807, 2.05) is 11.9 Å². The Morgan fingerprint density at radius 1 is 1.23 bits per heavy atom. The summed E-state index contributed by atoms with van der Waals surface area (Å²) in [5.74, 6) is -0.461. The van der Waals surface area contributed by atoms with Crippen molar-refractivity contribution < 1.29 is 31.6 Å². The van der Waals surface area contributed by atoms with Gasteiger partial charge in [0.25, 0.3) is 5.91 Å². The van der Waals surface area contributed by atoms with Crippen LogP contribution in [0.4, 0.5) is 23.2 Å². The van der Waals surface area contributed by atoms with Crippen molar-refractivity contribution in [1.29, 1.82) is 0 Å². The van der Waals surface area contributed by atoms with Crippen LogP contribution >= 0.6 is 0 Å². The molecule has 6 rings (SSSR count). The maximum atomic E-state index is 14.8. The number of alkyl halides is 4. The third-order valence-corrected chi connectivity index (χ3v) is 8.39. The SMILES string of the molecule is CO[C@@H]1CCC[C@@H]1n1cc(C(=O)NCc2nc(-c3cc4c(N[C@@H]5CCN(C)C[C@@H]5F)cccc4n3CC(F)(F)F)no2)cn1. The van der Waals surface area contributed by atoms with Crippen LogP contribution in [0.3, 0.4) is 0 Å². The number of aromatic nitrogens is 5. The molecule has 2 fully saturated rings. The fourth-order valence-corrected chi connectivity index (χ4v) is 6.17. The third-order valence-electron chi connectivity index (χ3n) is 8.39. The Morgan fingerprint density at radius 3 is 2.84 bits per heavy atom. The Balaban J connectivity index is 1.21. The van der Waals surface area contributed by atoms with Gasteiger partial charge in [-0.1, -0.05) is 11.2 Å². The molecule has 1 amide bonds. The molecule has 15 heteroatoms. The van der Waals surface area contributed by atoms with Crippen molar-refractivity contribution >= 4 is 22.5 Å². The van der Waals surface area contributed by atoms with Gasteiger partial charge in [0.1, 0.15) is 12.7 Å². The number of halogens is 4. The summed E-state index contributed by atoms with van der Waals surface area (Å²) in [4.78, 5) is 19.0. The van der Waals surface area contributed by atoms with Gasteiger partial charge in [-0.2, -0.15) is 23.3 Å². The van der Waals surface area contributed by atoms with Gasteiger partial charge in [0.15, 0.2) is 0 Å². The van der Waals surface area contributed by atoms with Crippen LogP contribution in [-0.4, -0.2) is 87.0 Å². The van der Waals surface area contributed by atoms with E-state index in [4.69, 9.17) is 9.26 Å². The number of piperidine rings is 1. The summed E-state index contributed by atoms with van der Waals surface area (Å²) in [6.07, 6.45) is 0.911. The maximum absolute atomic E-state index is 14.8. The van der Waals surface area contributed by atoms with Crippen LogP contribution in [0.15, 0.2) is 41.2 Å². The summed E-state index contributed by atoms with van der Waals surface area (Å²) >= 11 is 0. The Morgan fingerprint density at radius 2 is 2.07 bits per heavy atom. The summed E-state index contributed by atoms with van der Waals surface area (Å²) in [6, 6.07) is 6.05. The van der Waals surface area contributed by atoms with Crippen LogP contribution in [0.25, 0.3) is 22.4 Å². The number of fused-ring (bicyclic) bond motifs is 1. The number of carbonyl (C=O) groups excluding carboxylic acids is 1. The van der Waals surface area contributed by atoms with E-state index in [-0.39, 0.29) is 42.6 Å². The number of methoxy groups -OCH3 is 1. The first-order valence-electron chi connectivity index (χ1n) is 14.6. The molecule has 236 valence electrons. The Labute approximate surface area is 250 Å². The monoisotopic (exact) mass is 618 g/mol. The number of hydrogen-bond acceptors (Lipinski definition) is 8. The van der Waals surface area contributed by atoms with Crippen molar-refractivity contribution in [2.24, 2.45) is 0 Å². The van der Waals surface area contributed by atoms with E-state index >= 15 is 0 Å². The molecule has 0 radical (unpaired) electrons. The van der Waals surface area contributed by atoms with Crippen LogP contribution in [0.2, 0.25) is 0 Å². The lowest BCUT2D eigenvalue weighted by molar-refractivity contribution is -0.139. The van der Waals surface area contributed by atoms with Gasteiger partial charge in [-0.15, -0.1) is 0 Å². The van der Waals surface area contributed by atoms with Crippen molar-refractivity contribution in [2.75, 3.05) is 32.6 Å². The molecule has 4 atom stereocenters. The van der Waals surface area contributed by atoms with Crippen LogP contribution in [-0.2, 0) is 17.8 Å². The Hall–Kier alpha value is -3.98. The van der Waals surface area contributed by atoms with E-state index in [2.05, 4.69) is 25.9 Å². The van der Waals surface area contributed by atoms with Crippen LogP contribution in [0, 0.1) is 0 Å². The number of nitrogens with zero attached hydrogens (tertiary/aromatic N) is 6. The van der Waals surface area contributed by atoms with E-state index in [9.17, 15) is 22.4 Å². The summed E-state index contributed by atoms with van der Waals surface area (Å²) in [6.45, 7) is -0.451. The number of carbonyl (C=O) groups is 1. The Kier molecular flexibility index (Phi) is 8.33. The molecule has 4 heterocycles. The zero-order valence-corrected chi connectivity index (χ0v) is 24.4. The summed E-state index contributed by atoms with van der Waals surface area (Å²) in [5, 5.41) is 14.6. The lowest BCUT2D eigenvalue weighted by Crippen LogP contribution is -2.46. The van der Waals surface area contributed by atoms with Crippen molar-refractivity contribution in [3.63, 3.8) is 0 Å². The number of amides is 1. The molecule has 1 saturated carbocycles. The fourth-order valence-electron chi connectivity index (χ4n) is 6.17. The van der Waals surface area contributed by atoms with E-state index in [1.54, 1.807) is 42.3 Å². The average Bonchev–Trinajstić information content (AvgIpc) is 3.78. The number of benzene rings is 1. The zero-order valence-electron chi connectivity index (χ0n) is 24.4. The molecule has 44 heavy (non-hydrogen) atoms. The molecule has 1 aliphatic carbocycles. The van der Waals surface area contributed by atoms with Crippen molar-refractivity contribution in [2.45, 2.75) is 69.3 Å². The first-order chi connectivity index (χ1) is 21.1. The zero-order chi connectivity index (χ0) is 31.0. The fraction of sp³-hybridized carbons (Fsp3) is 0.517. The van der Waals surface area contributed by atoms with Crippen LogP contribution in [0.1, 0.15) is 48.0 Å². The molecule has 2 N–H and O–H groups in total. The number of hydrogen-bond donors (Lipinski definition) is 2. The van der Waals surface area contributed by atoms with Crippen molar-refractivity contribution in [3.8, 4) is 11.5 Å². The van der Waals surface area contributed by atoms with E-state index in [1.165, 1.54) is 6.20 Å². The standard InChI is InChI=1S/C29H34F4N8O3/c1-39-10-9-21(19(30)15-39)36-20-5-3-6-22-18(20)11-24(40(22)16-29(31,32)33)27-37-26(44-38-27)13-34-28(42)17-12-35-41(14-17)23-7-4-8-25(23)43-2/h3,5-6,11-12,14,19,21,23,25,36H,4,7-10,13,15-16H2,1-2H3,(H,34,42)/t19-,21+,23-,25+/m0/s1. The first-order valence-corrected chi connectivity index (χ1v) is 14.6. The quantitative estimate of drug-likeness (QED) is 0.262. The highest BCUT2D eigenvalue weighted by atomic mass is 19.4. The second kappa shape index (κ2) is 12.2. The van der Waals surface area contributed by atoms with Gasteiger partial charge in [-0.3, -0.25) is 9.48 Å². The van der Waals surface area contributed by atoms with E-state index in [0.717, 1.165) is 23.8 Å². The molecule has 1 saturated heterocycles. The van der Waals surface area contributed by atoms with Gasteiger partial charge >= 0.3 is 6.18 Å². The van der Waals surface area contributed by atoms with Gasteiger partial charge in [-0.05, 0) is 50.9 Å². The summed E-state index contributed by atoms with van der Waals surface area (Å²) in [5.41, 5.74) is 1.24. The normalized spacial score (nSPS) is 23.0. The molecule has 0 unspecified atom stereocenters. The average molecular weight is 619 g/mol. The molecule has 4 aromatic rings. The van der Waals surface area contributed by atoms with E-state index in [0.29, 0.717) is 35.1 Å². The number of anilines is 1. The minimum atomic E-state index is -4.53. The number of ether oxygens (including phenoxy) is 1. The number of nitrogens with one attached hydrogen (secondary N) is 2. The smallest absolute Gasteiger partial charge is 0.379 e. The second-order valence-electron chi connectivity index (χ2n) is 11.5. The second-order valence-corrected chi connectivity index (χ2v) is 11.5. The first kappa shape index (κ1) is 30.1. The highest BCUT2D eigenvalue weighted by Gasteiger charge is 2.33. The van der Waals surface area contributed by atoms with Crippen LogP contribution < -0.4 is 10.6 Å². The molecular weight excluding hydrogens is 584 g/mol. The molecule has 0 spiro atoms. The topological polar surface area (TPSA) is 115 Å². The lowest BCUT2D eigenvalue weighted by atomic mass is 10.0. The van der Waals surface area contributed by atoms with Gasteiger partial charge < -0.3 is 29.4 Å². The molecule has 1 aromatic carbocycles. The molecular formula is C29H34F4N8O3. The van der Waals surface area contributed by atoms with E-state index < -0.39 is 30.8 Å². The van der Waals surface area contributed by atoms with Crippen molar-refractivity contribution in [1.82, 2.24) is 34.7 Å². The minimum absolute atomic E-state index is 0.0183. The molecule has 0 bridgehead atoms. The molecule has 11 nitrogen and oxygen atoms in total. The van der Waals surface area contributed by atoms with Crippen molar-refractivity contribution in [3.05, 3.63) is 48.1 Å². The van der Waals surface area contributed by atoms with Gasteiger partial charge in [0, 0.05) is 37.5 Å². The largest absolute Gasteiger partial charge is 0.406 e. The highest BCUT2D eigenvalue weighted by molar-refractivity contribution is 5.96. The van der Waals surface area contributed by atoms with Gasteiger partial charge in [0.2, 0.25) is 11.7 Å². The summed E-state index contributed by atoms with van der Waals surface area (Å²) in [7, 11) is 3.51. The molecule has 1 aliphatic heterocycles. The predicted molar refractivity (Wildman–Crippen MR) is 153 cm³/mol. The van der Waals surface area contributed by atoms with Crippen LogP contribution in [0.5, 0.6) is 0 Å². The molecule has 2 aliphatic rings. The minimum Gasteiger partial charge on any atom is -0.379 e. The predicted octanol–water partition coefficient (Wildman–Crippen LogP) is 4.57. The van der Waals surface area contributed by atoms with Gasteiger partial charge in [-0.25, -0.2) is 4.39 Å². The van der Waals surface area contributed by atoms with Gasteiger partial charge in [0.05, 0.1) is 47.7 Å². The Bertz CT molecular complexity index is 1620. The maximum Gasteiger partial charge on any atom is 0.406 e. The number of likely N-dealkylation sites (tertiary alicyclic amines) is 1.